The van der Waals surface area contributed by atoms with E-state index in [0.29, 0.717) is 65.5 Å². The number of pyridine rings is 1. The number of rotatable bonds is 8. The van der Waals surface area contributed by atoms with Crippen molar-refractivity contribution in [1.29, 1.82) is 0 Å². The smallest absolute Gasteiger partial charge is 0.319 e. The van der Waals surface area contributed by atoms with E-state index in [4.69, 9.17) is 16.3 Å². The lowest BCUT2D eigenvalue weighted by Crippen LogP contribution is -2.51. The van der Waals surface area contributed by atoms with E-state index in [1.54, 1.807) is 20.4 Å². The van der Waals surface area contributed by atoms with Gasteiger partial charge in [0.05, 0.1) is 7.11 Å². The first-order chi connectivity index (χ1) is 26.0. The fraction of sp³-hybridized carbons (Fsp3) is 0.415. The molecule has 4 heterocycles. The van der Waals surface area contributed by atoms with Gasteiger partial charge < -0.3 is 24.4 Å². The second-order valence-corrected chi connectivity index (χ2v) is 15.1. The van der Waals surface area contributed by atoms with Crippen LogP contribution in [0.3, 0.4) is 0 Å². The Kier molecular flexibility index (Phi) is 10.9. The molecule has 0 saturated carbocycles. The summed E-state index contributed by atoms with van der Waals surface area (Å²) in [7, 11) is 5.19. The number of likely N-dealkylation sites (tertiary alicyclic amines) is 2. The Morgan fingerprint density at radius 3 is 2.37 bits per heavy atom. The molecule has 1 aromatic heterocycles. The molecule has 7 rings (SSSR count). The van der Waals surface area contributed by atoms with E-state index >= 15 is 0 Å². The third-order valence-corrected chi connectivity index (χ3v) is 11.7. The number of amides is 4. The van der Waals surface area contributed by atoms with Crippen molar-refractivity contribution in [1.82, 2.24) is 24.6 Å². The highest BCUT2D eigenvalue weighted by Gasteiger charge is 2.32. The summed E-state index contributed by atoms with van der Waals surface area (Å²) in [5.41, 5.74) is 4.14. The zero-order chi connectivity index (χ0) is 38.1. The van der Waals surface area contributed by atoms with Crippen LogP contribution in [0.5, 0.6) is 5.75 Å². The highest BCUT2D eigenvalue weighted by molar-refractivity contribution is 6.32. The molecule has 0 radical (unpaired) electrons. The Morgan fingerprint density at radius 2 is 1.69 bits per heavy atom. The number of imide groups is 1. The molecule has 284 valence electrons. The minimum absolute atomic E-state index is 0.0711. The molecular formula is C41H46ClFN6O5. The molecule has 0 aliphatic carbocycles. The number of nitrogens with zero attached hydrogens (tertiary/aromatic N) is 4. The predicted molar refractivity (Wildman–Crippen MR) is 207 cm³/mol. The summed E-state index contributed by atoms with van der Waals surface area (Å²) in [5, 5.41) is 7.08. The summed E-state index contributed by atoms with van der Waals surface area (Å²) >= 11 is 6.91. The number of ether oxygens (including phenoxy) is 1. The zero-order valence-electron chi connectivity index (χ0n) is 30.9. The Morgan fingerprint density at radius 1 is 0.963 bits per heavy atom. The number of nitrogens with one attached hydrogen (secondary N) is 2. The molecule has 54 heavy (non-hydrogen) atoms. The third-order valence-electron chi connectivity index (χ3n) is 11.3. The number of anilines is 1. The molecule has 13 heteroatoms. The summed E-state index contributed by atoms with van der Waals surface area (Å²) in [6.07, 6.45) is 5.96. The molecule has 2 N–H and O–H groups in total. The maximum Gasteiger partial charge on any atom is 0.319 e. The van der Waals surface area contributed by atoms with Crippen molar-refractivity contribution in [2.24, 2.45) is 7.05 Å². The first kappa shape index (κ1) is 37.4. The number of halogens is 2. The molecule has 1 atom stereocenters. The number of fused-ring (bicyclic) bond motifs is 1. The molecule has 11 nitrogen and oxygen atoms in total. The average molecular weight is 757 g/mol. The molecule has 3 fully saturated rings. The average Bonchev–Trinajstić information content (AvgIpc) is 3.18. The Labute approximate surface area is 319 Å². The number of aryl methyl sites for hydroxylation is 1. The van der Waals surface area contributed by atoms with Gasteiger partial charge in [-0.1, -0.05) is 23.7 Å². The molecule has 1 unspecified atom stereocenters. The molecule has 3 aliphatic rings. The van der Waals surface area contributed by atoms with Crippen LogP contribution in [0.2, 0.25) is 5.02 Å². The molecular weight excluding hydrogens is 711 g/mol. The van der Waals surface area contributed by atoms with E-state index in [-0.39, 0.29) is 29.4 Å². The second-order valence-electron chi connectivity index (χ2n) is 14.7. The summed E-state index contributed by atoms with van der Waals surface area (Å²) in [6, 6.07) is 15.9. The molecule has 0 bridgehead atoms. The third kappa shape index (κ3) is 7.81. The van der Waals surface area contributed by atoms with Crippen LogP contribution in [-0.2, 0) is 23.2 Å². The van der Waals surface area contributed by atoms with E-state index in [1.165, 1.54) is 28.3 Å². The number of urea groups is 1. The Balaban J connectivity index is 0.920. The van der Waals surface area contributed by atoms with Crippen LogP contribution in [0.1, 0.15) is 55.6 Å². The van der Waals surface area contributed by atoms with Gasteiger partial charge in [0.1, 0.15) is 17.6 Å². The first-order valence-corrected chi connectivity index (χ1v) is 19.0. The zero-order valence-corrected chi connectivity index (χ0v) is 31.6. The fourth-order valence-corrected chi connectivity index (χ4v) is 8.40. The number of carbonyl (C=O) groups excluding carboxylic acids is 3. The van der Waals surface area contributed by atoms with Crippen LogP contribution < -0.4 is 20.9 Å². The summed E-state index contributed by atoms with van der Waals surface area (Å²) in [6.45, 7) is 3.56. The summed E-state index contributed by atoms with van der Waals surface area (Å²) in [5.74, 6) is 0.0380. The van der Waals surface area contributed by atoms with E-state index in [1.807, 2.05) is 41.1 Å². The lowest BCUT2D eigenvalue weighted by atomic mass is 9.89. The van der Waals surface area contributed by atoms with Crippen molar-refractivity contribution < 1.29 is 23.5 Å². The van der Waals surface area contributed by atoms with Gasteiger partial charge >= 0.3 is 6.03 Å². The number of benzene rings is 3. The van der Waals surface area contributed by atoms with Gasteiger partial charge in [0.15, 0.2) is 0 Å². The highest BCUT2D eigenvalue weighted by Crippen LogP contribution is 2.37. The summed E-state index contributed by atoms with van der Waals surface area (Å²) in [4.78, 5) is 56.1. The van der Waals surface area contributed by atoms with Gasteiger partial charge in [-0.05, 0) is 97.0 Å². The lowest BCUT2D eigenvalue weighted by molar-refractivity contribution is -0.133. The van der Waals surface area contributed by atoms with Crippen LogP contribution in [0.4, 0.5) is 14.9 Å². The largest absolute Gasteiger partial charge is 0.496 e. The molecule has 3 aliphatic heterocycles. The van der Waals surface area contributed by atoms with Crippen molar-refractivity contribution >= 4 is 45.9 Å². The quantitative estimate of drug-likeness (QED) is 0.208. The van der Waals surface area contributed by atoms with Crippen LogP contribution in [0.15, 0.2) is 65.6 Å². The maximum absolute atomic E-state index is 14.3. The van der Waals surface area contributed by atoms with E-state index in [2.05, 4.69) is 27.7 Å². The molecule has 4 aromatic rings. The van der Waals surface area contributed by atoms with E-state index in [9.17, 15) is 23.6 Å². The van der Waals surface area contributed by atoms with Crippen LogP contribution in [0.25, 0.3) is 21.9 Å². The fourth-order valence-electron chi connectivity index (χ4n) is 8.13. The van der Waals surface area contributed by atoms with Crippen LogP contribution in [0, 0.1) is 5.82 Å². The van der Waals surface area contributed by atoms with Gasteiger partial charge in [-0.25, -0.2) is 9.18 Å². The monoisotopic (exact) mass is 756 g/mol. The molecule has 0 spiro atoms. The van der Waals surface area contributed by atoms with Crippen molar-refractivity contribution in [3.63, 3.8) is 0 Å². The predicted octanol–water partition coefficient (Wildman–Crippen LogP) is 6.12. The Bertz CT molecular complexity index is 2130. The van der Waals surface area contributed by atoms with Crippen molar-refractivity contribution in [3.05, 3.63) is 93.1 Å². The van der Waals surface area contributed by atoms with E-state index < -0.39 is 11.9 Å². The second kappa shape index (κ2) is 15.8. The molecule has 3 saturated heterocycles. The Hall–Kier alpha value is -4.94. The minimum Gasteiger partial charge on any atom is -0.496 e. The van der Waals surface area contributed by atoms with Gasteiger partial charge in [0.25, 0.3) is 5.56 Å². The number of aromatic nitrogens is 1. The van der Waals surface area contributed by atoms with Crippen LogP contribution >= 0.6 is 11.6 Å². The number of hydrogen-bond donors (Lipinski definition) is 2. The van der Waals surface area contributed by atoms with Gasteiger partial charge in [-0.15, -0.1) is 0 Å². The number of hydrogen-bond acceptors (Lipinski definition) is 7. The number of methoxy groups -OCH3 is 1. The topological polar surface area (TPSA) is 116 Å². The molecule has 4 amide bonds. The normalized spacial score (nSPS) is 18.8. The van der Waals surface area contributed by atoms with Gasteiger partial charge in [0, 0.05) is 92.7 Å². The standard InChI is InChI=1S/C41H46ClFN6O5/c1-46-23-33(32-22-28(43)6-9-31(32)40(46)52)27-20-35(42)34(37(21-27)54-3)24-48-16-14-30(15-17-48)47(2)41(53)49-18-12-26(13-19-49)25-4-7-29(8-5-25)44-36-10-11-38(50)45-39(36)51/h4-9,20-23,26,30,36,44H,10-19,24H2,1-3H3,(H,45,50,51). The maximum atomic E-state index is 14.3. The lowest BCUT2D eigenvalue weighted by Gasteiger charge is -2.40. The first-order valence-electron chi connectivity index (χ1n) is 18.6. The summed E-state index contributed by atoms with van der Waals surface area (Å²) < 4.78 is 21.6. The van der Waals surface area contributed by atoms with Gasteiger partial charge in [-0.2, -0.15) is 0 Å². The minimum atomic E-state index is -0.422. The van der Waals surface area contributed by atoms with Crippen LogP contribution in [-0.4, -0.2) is 89.5 Å². The van der Waals surface area contributed by atoms with Gasteiger partial charge in [-0.3, -0.25) is 24.6 Å². The van der Waals surface area contributed by atoms with Crippen molar-refractivity contribution in [2.45, 2.75) is 63.1 Å². The highest BCUT2D eigenvalue weighted by atomic mass is 35.5. The van der Waals surface area contributed by atoms with Crippen molar-refractivity contribution in [2.75, 3.05) is 45.7 Å². The number of piperidine rings is 3. The van der Waals surface area contributed by atoms with Gasteiger partial charge in [0.2, 0.25) is 11.8 Å². The van der Waals surface area contributed by atoms with E-state index in [0.717, 1.165) is 55.6 Å². The number of carbonyl (C=O) groups is 3. The van der Waals surface area contributed by atoms with Crippen molar-refractivity contribution in [3.8, 4) is 16.9 Å². The SMILES string of the molecule is COc1cc(-c2cn(C)c(=O)c3ccc(F)cc23)cc(Cl)c1CN1CCC(N(C)C(=O)N2CCC(c3ccc(NC4CCC(=O)NC4=O)cc3)CC2)CC1. The molecule has 3 aromatic carbocycles.